The molecule has 8 saturated heterocycles. The zero-order valence-electron chi connectivity index (χ0n) is 54.3. The summed E-state index contributed by atoms with van der Waals surface area (Å²) >= 11 is 0. The van der Waals surface area contributed by atoms with E-state index in [-0.39, 0.29) is 0 Å². The summed E-state index contributed by atoms with van der Waals surface area (Å²) in [5, 5.41) is 251. The van der Waals surface area contributed by atoms with E-state index in [0.717, 1.165) is 27.7 Å². The van der Waals surface area contributed by atoms with E-state index in [9.17, 15) is 132 Å². The molecule has 0 bridgehead atoms. The maximum Gasteiger partial charge on any atom is 0.217 e. The normalized spacial score (nSPS) is 48.3. The van der Waals surface area contributed by atoms with Crippen LogP contribution in [-0.4, -0.2) is 434 Å². The van der Waals surface area contributed by atoms with E-state index < -0.39 is 322 Å². The molecule has 4 amide bonds. The molecule has 101 heavy (non-hydrogen) atoms. The van der Waals surface area contributed by atoms with Crippen LogP contribution in [0.25, 0.3) is 0 Å². The second-order valence-electron chi connectivity index (χ2n) is 25.3. The number of aliphatic hydroxyl groups is 22. The molecule has 584 valence electrons. The minimum Gasteiger partial charge on any atom is -0.394 e. The fourth-order valence-electron chi connectivity index (χ4n) is 13.1. The van der Waals surface area contributed by atoms with Gasteiger partial charge in [0.1, 0.15) is 195 Å². The van der Waals surface area contributed by atoms with Crippen LogP contribution in [0.4, 0.5) is 0 Å². The molecule has 0 spiro atoms. The van der Waals surface area contributed by atoms with Crippen molar-refractivity contribution in [1.82, 2.24) is 21.3 Å². The average Bonchev–Trinajstić information content (AvgIpc) is 0.779. The van der Waals surface area contributed by atoms with Crippen LogP contribution in [0.5, 0.6) is 0 Å². The first kappa shape index (κ1) is 83.0. The molecule has 0 saturated carbocycles. The van der Waals surface area contributed by atoms with Crippen LogP contribution in [-0.2, 0) is 90.2 Å². The van der Waals surface area contributed by atoms with E-state index in [1.807, 2.05) is 0 Å². The summed E-state index contributed by atoms with van der Waals surface area (Å²) in [6, 6.07) is -7.16. The fourth-order valence-corrected chi connectivity index (χ4v) is 13.1. The Morgan fingerprint density at radius 1 is 0.238 bits per heavy atom. The number of aliphatic hydroxyl groups excluding tert-OH is 22. The largest absolute Gasteiger partial charge is 0.394 e. The van der Waals surface area contributed by atoms with Gasteiger partial charge in [0.15, 0.2) is 50.3 Å². The van der Waals surface area contributed by atoms with Crippen molar-refractivity contribution in [2.45, 2.75) is 273 Å². The summed E-state index contributed by atoms with van der Waals surface area (Å²) < 4.78 is 87.1. The molecule has 26 N–H and O–H groups in total. The molecule has 45 heteroatoms. The molecule has 45 nitrogen and oxygen atoms in total. The minimum absolute atomic E-state index is 0.739. The van der Waals surface area contributed by atoms with Gasteiger partial charge in [-0.25, -0.2) is 0 Å². The van der Waals surface area contributed by atoms with Crippen LogP contribution in [0, 0.1) is 0 Å². The van der Waals surface area contributed by atoms with Gasteiger partial charge in [-0.3, -0.25) is 19.2 Å². The summed E-state index contributed by atoms with van der Waals surface area (Å²) in [5.74, 6) is -3.45. The number of amides is 4. The first-order chi connectivity index (χ1) is 47.8. The molecule has 0 unspecified atom stereocenters. The Bertz CT molecular complexity index is 2640. The molecule has 0 aromatic carbocycles. The van der Waals surface area contributed by atoms with Gasteiger partial charge >= 0.3 is 0 Å². The lowest BCUT2D eigenvalue weighted by molar-refractivity contribution is -0.389. The van der Waals surface area contributed by atoms with E-state index in [2.05, 4.69) is 21.3 Å². The molecule has 40 atom stereocenters. The Hall–Kier alpha value is -3.60. The van der Waals surface area contributed by atoms with Gasteiger partial charge in [-0.05, 0) is 0 Å². The first-order valence-electron chi connectivity index (χ1n) is 32.1. The van der Waals surface area contributed by atoms with Crippen LogP contribution in [0.3, 0.4) is 0 Å². The van der Waals surface area contributed by atoms with Crippen molar-refractivity contribution in [3.8, 4) is 0 Å². The van der Waals surface area contributed by atoms with Crippen LogP contribution in [0.2, 0.25) is 0 Å². The number of ether oxygens (including phenoxy) is 15. The van der Waals surface area contributed by atoms with Crippen molar-refractivity contribution >= 4 is 23.6 Å². The van der Waals surface area contributed by atoms with Crippen LogP contribution in [0.15, 0.2) is 0 Å². The van der Waals surface area contributed by atoms with Crippen molar-refractivity contribution < 1.29 is 203 Å². The van der Waals surface area contributed by atoms with Gasteiger partial charge in [0, 0.05) is 27.7 Å². The summed E-state index contributed by atoms with van der Waals surface area (Å²) in [5.41, 5.74) is 0. The molecule has 0 radical (unpaired) electrons. The van der Waals surface area contributed by atoms with Crippen LogP contribution < -0.4 is 21.3 Å². The molecule has 8 aliphatic rings. The number of carbonyl (C=O) groups excluding carboxylic acids is 4. The van der Waals surface area contributed by atoms with Crippen LogP contribution in [0.1, 0.15) is 27.7 Å². The quantitative estimate of drug-likeness (QED) is 0.0382. The summed E-state index contributed by atoms with van der Waals surface area (Å²) in [4.78, 5) is 50.2. The molecule has 0 aromatic heterocycles. The lowest BCUT2D eigenvalue weighted by Crippen LogP contribution is -2.71. The van der Waals surface area contributed by atoms with E-state index in [0.29, 0.717) is 0 Å². The number of rotatable bonds is 26. The third kappa shape index (κ3) is 18.3. The topological polar surface area (TPSA) is 700 Å². The Kier molecular flexibility index (Phi) is 29.9. The Labute approximate surface area is 572 Å². The highest BCUT2D eigenvalue weighted by molar-refractivity contribution is 5.74. The lowest BCUT2D eigenvalue weighted by atomic mass is 9.93. The fraction of sp³-hybridized carbons (Fsp3) is 0.929. The SMILES string of the molecule is CC(=O)N[C@@H]1[C@@H](O)[C@H](O[C@@H]2O[C@H](CO)[C@H](O)[C@H](O[C@@H]3O[C@H](CO)[C@@H](O[C@@H]4O[C@H](CO)[C@H](O)[C@H](O[C@@H]5O[C@H](CO)[C@@H](O[C@@H]6O[C@H](CO)[C@H](O)[C@@H](O[C@@H]7O[C@H](CO)[C@@H](O[C@@H]8O[C@H](CO)[C@H](O)[C@H](O)[C@@H]8O)[C@H](O)[C@H]7NC(C)=O)[C@H]6O)[C@H](O)[C@H]5NC(C)=O)[C@H]4O)[C@H](O)[C@H]3NC(C)=O)[C@H]2O)[C@@H](CO)O[C@H]1O. The molecule has 8 aliphatic heterocycles. The Morgan fingerprint density at radius 3 is 0.703 bits per heavy atom. The number of carbonyl (C=O) groups is 4. The van der Waals surface area contributed by atoms with Crippen molar-refractivity contribution in [3.05, 3.63) is 0 Å². The Balaban J connectivity index is 0.979. The van der Waals surface area contributed by atoms with Gasteiger partial charge in [0.2, 0.25) is 23.6 Å². The predicted molar refractivity (Wildman–Crippen MR) is 311 cm³/mol. The second kappa shape index (κ2) is 36.3. The van der Waals surface area contributed by atoms with E-state index in [4.69, 9.17) is 71.1 Å². The van der Waals surface area contributed by atoms with Crippen molar-refractivity contribution in [2.24, 2.45) is 0 Å². The highest BCUT2D eigenvalue weighted by Crippen LogP contribution is 2.39. The van der Waals surface area contributed by atoms with Crippen LogP contribution >= 0.6 is 0 Å². The molecule has 8 fully saturated rings. The molecule has 8 heterocycles. The van der Waals surface area contributed by atoms with Crippen molar-refractivity contribution in [1.29, 1.82) is 0 Å². The zero-order chi connectivity index (χ0) is 74.5. The average molecular weight is 1480 g/mol. The molecular weight excluding hydrogens is 1380 g/mol. The summed E-state index contributed by atoms with van der Waals surface area (Å²) in [6.07, 6.45) is -71.1. The van der Waals surface area contributed by atoms with Crippen molar-refractivity contribution in [3.63, 3.8) is 0 Å². The van der Waals surface area contributed by atoms with Gasteiger partial charge in [-0.2, -0.15) is 0 Å². The third-order valence-corrected chi connectivity index (χ3v) is 18.3. The van der Waals surface area contributed by atoms with E-state index in [1.165, 1.54) is 0 Å². The van der Waals surface area contributed by atoms with Gasteiger partial charge in [-0.15, -0.1) is 0 Å². The zero-order valence-corrected chi connectivity index (χ0v) is 54.3. The maximum absolute atomic E-state index is 12.9. The standard InChI is InChI=1S/C56H94N4O41/c1-13(69)57-25-33(77)42(21(9-65)87-49(25)86)96-54-39(83)46(30(74)18(6-62)89-54)99-51-27(59-15(3)71)35(79)44(23(11-67)93-51)98-56-41(85)48(32(76)20(8-64)91-56)101-52-28(60-16(4)72)36(80)45(24(12-68)94-52)97-55-40(84)47(31(75)19(7-63)90-55)100-50-26(58-14(2)70)34(78)43(22(10-66)92-50)95-53-38(82)37(81)29(73)17(5-61)88-53/h17-56,61-68,73-86H,5-12H2,1-4H3,(H,57,69)(H,58,70)(H,59,71)(H,60,72)/t17-,18-,19-,20-,21-,22-,23-,24-,25-,26-,27-,28-,29+,30+,31+,32+,33-,34-,35-,36-,37+,38+,39-,40-,41-,42-,43-,44-,45-,46+,47-,48+,49-,50+,51+,52+,53+,54+,55+,56+/m1/s1. The van der Waals surface area contributed by atoms with E-state index in [1.54, 1.807) is 0 Å². The predicted octanol–water partition coefficient (Wildman–Crippen LogP) is -17.9. The first-order valence-corrected chi connectivity index (χ1v) is 32.1. The second-order valence-corrected chi connectivity index (χ2v) is 25.3. The number of hydrogen-bond donors (Lipinski definition) is 26. The summed E-state index contributed by atoms with van der Waals surface area (Å²) in [6.45, 7) is -4.39. The minimum atomic E-state index is -2.33. The maximum atomic E-state index is 12.9. The third-order valence-electron chi connectivity index (χ3n) is 18.3. The molecular formula is C56H94N4O41. The monoisotopic (exact) mass is 1480 g/mol. The number of hydrogen-bond acceptors (Lipinski definition) is 41. The molecule has 8 rings (SSSR count). The Morgan fingerprint density at radius 2 is 0.446 bits per heavy atom. The molecule has 0 aromatic rings. The number of nitrogens with one attached hydrogen (secondary N) is 4. The van der Waals surface area contributed by atoms with Gasteiger partial charge in [0.25, 0.3) is 0 Å². The van der Waals surface area contributed by atoms with Gasteiger partial charge < -0.3 is 205 Å². The lowest BCUT2D eigenvalue weighted by Gasteiger charge is -2.51. The smallest absolute Gasteiger partial charge is 0.217 e. The molecule has 0 aliphatic carbocycles. The van der Waals surface area contributed by atoms with Gasteiger partial charge in [-0.1, -0.05) is 0 Å². The van der Waals surface area contributed by atoms with E-state index >= 15 is 0 Å². The highest BCUT2D eigenvalue weighted by atomic mass is 16.8. The van der Waals surface area contributed by atoms with Gasteiger partial charge in [0.05, 0.1) is 52.9 Å². The highest BCUT2D eigenvalue weighted by Gasteiger charge is 2.60. The van der Waals surface area contributed by atoms with Crippen molar-refractivity contribution in [2.75, 3.05) is 52.9 Å². The summed E-state index contributed by atoms with van der Waals surface area (Å²) in [7, 11) is 0.